The van der Waals surface area contributed by atoms with Gasteiger partial charge < -0.3 is 4.74 Å². The van der Waals surface area contributed by atoms with E-state index < -0.39 is 5.82 Å². The molecule has 0 saturated carbocycles. The maximum absolute atomic E-state index is 13.5. The van der Waals surface area contributed by atoms with Gasteiger partial charge >= 0.3 is 0 Å². The molecule has 0 aliphatic heterocycles. The van der Waals surface area contributed by atoms with Crippen LogP contribution in [0.1, 0.15) is 27.0 Å². The van der Waals surface area contributed by atoms with Gasteiger partial charge in [-0.2, -0.15) is 0 Å². The number of Topliss-reactive ketones (excluding diaryl/α,β-unsaturated/α-hetero) is 1. The Morgan fingerprint density at radius 1 is 1.05 bits per heavy atom. The predicted octanol–water partition coefficient (Wildman–Crippen LogP) is 4.01. The monoisotopic (exact) mass is 272 g/mol. The third kappa shape index (κ3) is 3.23. The van der Waals surface area contributed by atoms with E-state index in [4.69, 9.17) is 4.74 Å². The molecule has 0 amide bonds. The molecule has 0 bridgehead atoms. The van der Waals surface area contributed by atoms with E-state index >= 15 is 0 Å². The Hall–Kier alpha value is -2.16. The molecule has 104 valence electrons. The maximum Gasteiger partial charge on any atom is 0.200 e. The van der Waals surface area contributed by atoms with Crippen LogP contribution in [0.4, 0.5) is 4.39 Å². The minimum Gasteiger partial charge on any atom is -0.482 e. The number of ketones is 1. The number of rotatable bonds is 4. The van der Waals surface area contributed by atoms with E-state index in [1.165, 1.54) is 6.07 Å². The van der Waals surface area contributed by atoms with Crippen LogP contribution in [0.3, 0.4) is 0 Å². The second-order valence-electron chi connectivity index (χ2n) is 4.96. The molecule has 2 rings (SSSR count). The molecule has 0 heterocycles. The van der Waals surface area contributed by atoms with Gasteiger partial charge in [0.2, 0.25) is 0 Å². The molecule has 0 unspecified atom stereocenters. The highest BCUT2D eigenvalue weighted by Crippen LogP contribution is 2.19. The second kappa shape index (κ2) is 5.87. The first kappa shape index (κ1) is 14.3. The predicted molar refractivity (Wildman–Crippen MR) is 76.9 cm³/mol. The number of hydrogen-bond donors (Lipinski definition) is 0. The summed E-state index contributed by atoms with van der Waals surface area (Å²) in [7, 11) is 0. The van der Waals surface area contributed by atoms with Crippen molar-refractivity contribution in [2.45, 2.75) is 20.8 Å². The lowest BCUT2D eigenvalue weighted by molar-refractivity contribution is 0.0918. The third-order valence-corrected chi connectivity index (χ3v) is 3.14. The smallest absolute Gasteiger partial charge is 0.200 e. The van der Waals surface area contributed by atoms with E-state index in [1.807, 2.05) is 39.0 Å². The molecule has 0 aliphatic carbocycles. The van der Waals surface area contributed by atoms with Gasteiger partial charge in [0.25, 0.3) is 0 Å². The van der Waals surface area contributed by atoms with E-state index in [-0.39, 0.29) is 18.1 Å². The number of ether oxygens (including phenoxy) is 1. The van der Waals surface area contributed by atoms with Crippen LogP contribution in [0.15, 0.2) is 36.4 Å². The van der Waals surface area contributed by atoms with E-state index in [0.29, 0.717) is 5.56 Å². The van der Waals surface area contributed by atoms with Gasteiger partial charge in [0, 0.05) is 5.56 Å². The van der Waals surface area contributed by atoms with Crippen LogP contribution in [-0.4, -0.2) is 12.4 Å². The van der Waals surface area contributed by atoms with Gasteiger partial charge in [-0.05, 0) is 50.1 Å². The molecule has 0 radical (unpaired) electrons. The molecular weight excluding hydrogens is 255 g/mol. The molecule has 0 saturated heterocycles. The Morgan fingerprint density at radius 2 is 1.70 bits per heavy atom. The van der Waals surface area contributed by atoms with Crippen molar-refractivity contribution in [1.82, 2.24) is 0 Å². The van der Waals surface area contributed by atoms with E-state index in [2.05, 4.69) is 0 Å². The van der Waals surface area contributed by atoms with Gasteiger partial charge in [-0.3, -0.25) is 4.79 Å². The molecule has 0 N–H and O–H groups in total. The SMILES string of the molecule is Cc1ccc(F)c(OCC(=O)c2cc(C)ccc2C)c1. The molecule has 0 spiro atoms. The van der Waals surface area contributed by atoms with Crippen molar-refractivity contribution in [3.05, 3.63) is 64.5 Å². The molecule has 0 atom stereocenters. The molecule has 2 aromatic carbocycles. The normalized spacial score (nSPS) is 10.4. The zero-order valence-corrected chi connectivity index (χ0v) is 11.9. The zero-order chi connectivity index (χ0) is 14.7. The zero-order valence-electron chi connectivity index (χ0n) is 11.9. The van der Waals surface area contributed by atoms with Crippen molar-refractivity contribution in [2.75, 3.05) is 6.61 Å². The lowest BCUT2D eigenvalue weighted by Crippen LogP contribution is -2.13. The topological polar surface area (TPSA) is 26.3 Å². The van der Waals surface area contributed by atoms with Crippen LogP contribution in [0.25, 0.3) is 0 Å². The molecule has 2 aromatic rings. The summed E-state index contributed by atoms with van der Waals surface area (Å²) in [6.45, 7) is 5.49. The van der Waals surface area contributed by atoms with Gasteiger partial charge in [0.15, 0.2) is 24.0 Å². The first-order chi connectivity index (χ1) is 9.47. The van der Waals surface area contributed by atoms with Crippen LogP contribution < -0.4 is 4.74 Å². The van der Waals surface area contributed by atoms with Crippen molar-refractivity contribution in [1.29, 1.82) is 0 Å². The fraction of sp³-hybridized carbons (Fsp3) is 0.235. The highest BCUT2D eigenvalue weighted by molar-refractivity contribution is 5.98. The van der Waals surface area contributed by atoms with Gasteiger partial charge in [-0.25, -0.2) is 4.39 Å². The number of carbonyl (C=O) groups excluding carboxylic acids is 1. The van der Waals surface area contributed by atoms with Gasteiger partial charge in [0.05, 0.1) is 0 Å². The Balaban J connectivity index is 2.12. The standard InChI is InChI=1S/C17H17FO2/c1-11-4-6-13(3)14(8-11)16(19)10-20-17-9-12(2)5-7-15(17)18/h4-9H,10H2,1-3H3. The van der Waals surface area contributed by atoms with Crippen molar-refractivity contribution in [3.63, 3.8) is 0 Å². The average Bonchev–Trinajstić information content (AvgIpc) is 2.42. The maximum atomic E-state index is 13.5. The fourth-order valence-electron chi connectivity index (χ4n) is 1.98. The molecular formula is C17H17FO2. The summed E-state index contributed by atoms with van der Waals surface area (Å²) in [4.78, 5) is 12.1. The Labute approximate surface area is 118 Å². The van der Waals surface area contributed by atoms with Gasteiger partial charge in [0.1, 0.15) is 0 Å². The number of carbonyl (C=O) groups is 1. The number of hydrogen-bond acceptors (Lipinski definition) is 2. The highest BCUT2D eigenvalue weighted by atomic mass is 19.1. The second-order valence-corrected chi connectivity index (χ2v) is 4.96. The minimum atomic E-state index is -0.454. The first-order valence-electron chi connectivity index (χ1n) is 6.47. The van der Waals surface area contributed by atoms with Crippen molar-refractivity contribution >= 4 is 5.78 Å². The van der Waals surface area contributed by atoms with E-state index in [1.54, 1.807) is 12.1 Å². The summed E-state index contributed by atoms with van der Waals surface area (Å²) < 4.78 is 18.8. The van der Waals surface area contributed by atoms with E-state index in [9.17, 15) is 9.18 Å². The summed E-state index contributed by atoms with van der Waals surface area (Å²) in [5.41, 5.74) is 3.42. The van der Waals surface area contributed by atoms with Crippen LogP contribution >= 0.6 is 0 Å². The number of aryl methyl sites for hydroxylation is 3. The highest BCUT2D eigenvalue weighted by Gasteiger charge is 2.12. The van der Waals surface area contributed by atoms with Crippen molar-refractivity contribution < 1.29 is 13.9 Å². The molecule has 0 aromatic heterocycles. The lowest BCUT2D eigenvalue weighted by Gasteiger charge is -2.09. The largest absolute Gasteiger partial charge is 0.482 e. The lowest BCUT2D eigenvalue weighted by atomic mass is 10.0. The minimum absolute atomic E-state index is 0.114. The van der Waals surface area contributed by atoms with Crippen LogP contribution in [0.2, 0.25) is 0 Å². The number of benzene rings is 2. The molecule has 20 heavy (non-hydrogen) atoms. The summed E-state index contributed by atoms with van der Waals surface area (Å²) >= 11 is 0. The third-order valence-electron chi connectivity index (χ3n) is 3.14. The number of halogens is 1. The summed E-state index contributed by atoms with van der Waals surface area (Å²) in [5, 5.41) is 0. The molecule has 3 heteroatoms. The van der Waals surface area contributed by atoms with Gasteiger partial charge in [-0.1, -0.05) is 23.8 Å². The van der Waals surface area contributed by atoms with Crippen LogP contribution in [-0.2, 0) is 0 Å². The first-order valence-corrected chi connectivity index (χ1v) is 6.47. The quantitative estimate of drug-likeness (QED) is 0.786. The van der Waals surface area contributed by atoms with Crippen molar-refractivity contribution in [3.8, 4) is 5.75 Å². The molecule has 0 fully saturated rings. The fourth-order valence-corrected chi connectivity index (χ4v) is 1.98. The summed E-state index contributed by atoms with van der Waals surface area (Å²) in [5.74, 6) is -0.486. The average molecular weight is 272 g/mol. The van der Waals surface area contributed by atoms with E-state index in [0.717, 1.165) is 16.7 Å². The summed E-state index contributed by atoms with van der Waals surface area (Å²) in [6, 6.07) is 10.3. The molecule has 0 aliphatic rings. The Kier molecular flexibility index (Phi) is 4.18. The van der Waals surface area contributed by atoms with Crippen LogP contribution in [0, 0.1) is 26.6 Å². The Bertz CT molecular complexity index is 647. The van der Waals surface area contributed by atoms with Crippen LogP contribution in [0.5, 0.6) is 5.75 Å². The van der Waals surface area contributed by atoms with Gasteiger partial charge in [-0.15, -0.1) is 0 Å². The van der Waals surface area contributed by atoms with Crippen molar-refractivity contribution in [2.24, 2.45) is 0 Å². The Morgan fingerprint density at radius 3 is 2.45 bits per heavy atom. The molecule has 2 nitrogen and oxygen atoms in total. The summed E-state index contributed by atoms with van der Waals surface area (Å²) in [6.07, 6.45) is 0.